The van der Waals surface area contributed by atoms with Gasteiger partial charge in [0.25, 0.3) is 0 Å². The Labute approximate surface area is 117 Å². The van der Waals surface area contributed by atoms with Gasteiger partial charge in [-0.25, -0.2) is 4.68 Å². The number of aryl methyl sites for hydroxylation is 1. The van der Waals surface area contributed by atoms with Crippen LogP contribution in [0.4, 0.5) is 24.7 Å². The molecule has 20 heavy (non-hydrogen) atoms. The molecule has 0 fully saturated rings. The summed E-state index contributed by atoms with van der Waals surface area (Å²) >= 11 is -0.176. The average molecular weight is 312 g/mol. The molecule has 0 unspecified atom stereocenters. The van der Waals surface area contributed by atoms with E-state index in [0.717, 1.165) is 0 Å². The van der Waals surface area contributed by atoms with Gasteiger partial charge in [-0.2, -0.15) is 18.3 Å². The first-order valence-corrected chi connectivity index (χ1v) is 6.78. The molecule has 0 atom stereocenters. The van der Waals surface area contributed by atoms with Crippen molar-refractivity contribution in [1.29, 1.82) is 0 Å². The minimum absolute atomic E-state index is 0.0396. The van der Waals surface area contributed by atoms with Crippen LogP contribution in [0.25, 0.3) is 0 Å². The van der Waals surface area contributed by atoms with Crippen LogP contribution >= 0.6 is 11.8 Å². The molecule has 0 bridgehead atoms. The lowest BCUT2D eigenvalue weighted by Crippen LogP contribution is -2.12. The molecule has 1 rings (SSSR count). The topological polar surface area (TPSA) is 73.0 Å². The van der Waals surface area contributed by atoms with Crippen LogP contribution in [-0.2, 0) is 7.05 Å². The van der Waals surface area contributed by atoms with Crippen molar-refractivity contribution in [2.75, 3.05) is 17.6 Å². The highest BCUT2D eigenvalue weighted by Gasteiger charge is 2.30. The monoisotopic (exact) mass is 312 g/mol. The van der Waals surface area contributed by atoms with E-state index in [0.29, 0.717) is 5.69 Å². The predicted octanol–water partition coefficient (Wildman–Crippen LogP) is 3.12. The maximum atomic E-state index is 12.0. The number of anilines is 1. The van der Waals surface area contributed by atoms with Crippen molar-refractivity contribution in [2.24, 2.45) is 7.05 Å². The normalized spacial score (nSPS) is 11.9. The summed E-state index contributed by atoms with van der Waals surface area (Å²) in [6, 6.07) is 0. The van der Waals surface area contributed by atoms with Crippen LogP contribution in [0, 0.1) is 10.1 Å². The first-order chi connectivity index (χ1) is 9.13. The Bertz CT molecular complexity index is 488. The van der Waals surface area contributed by atoms with E-state index in [2.05, 4.69) is 10.4 Å². The summed E-state index contributed by atoms with van der Waals surface area (Å²) in [6.07, 6.45) is 0. The number of nitrogens with one attached hydrogen (secondary N) is 1. The van der Waals surface area contributed by atoms with E-state index < -0.39 is 10.4 Å². The minimum Gasteiger partial charge on any atom is -0.364 e. The van der Waals surface area contributed by atoms with Crippen LogP contribution in [0.1, 0.15) is 25.5 Å². The van der Waals surface area contributed by atoms with Gasteiger partial charge < -0.3 is 5.32 Å². The molecule has 1 aromatic heterocycles. The maximum Gasteiger partial charge on any atom is 0.441 e. The summed E-state index contributed by atoms with van der Waals surface area (Å²) in [7, 11) is 1.51. The molecule has 0 aliphatic heterocycles. The number of hydrogen-bond acceptors (Lipinski definition) is 5. The zero-order valence-corrected chi connectivity index (χ0v) is 12.0. The highest BCUT2D eigenvalue weighted by Crippen LogP contribution is 2.33. The van der Waals surface area contributed by atoms with E-state index >= 15 is 0 Å². The third kappa shape index (κ3) is 4.29. The number of nitro groups is 1. The van der Waals surface area contributed by atoms with Gasteiger partial charge in [-0.1, -0.05) is 13.8 Å². The molecule has 10 heteroatoms. The highest BCUT2D eigenvalue weighted by molar-refractivity contribution is 8.00. The molecule has 1 aromatic rings. The largest absolute Gasteiger partial charge is 0.441 e. The number of alkyl halides is 3. The molecule has 0 spiro atoms. The Hall–Kier alpha value is -1.45. The Kier molecular flexibility index (Phi) is 5.26. The number of hydrogen-bond donors (Lipinski definition) is 1. The minimum atomic E-state index is -4.30. The van der Waals surface area contributed by atoms with Crippen LogP contribution in [0.3, 0.4) is 0 Å². The van der Waals surface area contributed by atoms with Crippen molar-refractivity contribution < 1.29 is 18.1 Å². The molecule has 6 nitrogen and oxygen atoms in total. The molecule has 114 valence electrons. The van der Waals surface area contributed by atoms with Crippen LogP contribution in [0.2, 0.25) is 0 Å². The molecular formula is C10H15F3N4O2S. The molecule has 0 aliphatic carbocycles. The Morgan fingerprint density at radius 1 is 1.50 bits per heavy atom. The summed E-state index contributed by atoms with van der Waals surface area (Å²) in [5, 5.41) is 17.8. The summed E-state index contributed by atoms with van der Waals surface area (Å²) in [5.41, 5.74) is -4.17. The summed E-state index contributed by atoms with van der Waals surface area (Å²) < 4.78 is 37.2. The number of halogens is 3. The van der Waals surface area contributed by atoms with Crippen molar-refractivity contribution in [1.82, 2.24) is 9.78 Å². The number of rotatable bonds is 6. The van der Waals surface area contributed by atoms with E-state index in [-0.39, 0.29) is 41.5 Å². The van der Waals surface area contributed by atoms with Gasteiger partial charge in [0, 0.05) is 25.3 Å². The lowest BCUT2D eigenvalue weighted by Gasteiger charge is -2.07. The fourth-order valence-electron chi connectivity index (χ4n) is 1.64. The van der Waals surface area contributed by atoms with Crippen molar-refractivity contribution in [2.45, 2.75) is 25.3 Å². The lowest BCUT2D eigenvalue weighted by atomic mass is 10.1. The van der Waals surface area contributed by atoms with Crippen molar-refractivity contribution in [3.05, 3.63) is 15.8 Å². The van der Waals surface area contributed by atoms with E-state index in [1.54, 1.807) is 13.8 Å². The highest BCUT2D eigenvalue weighted by atomic mass is 32.2. The Morgan fingerprint density at radius 3 is 2.55 bits per heavy atom. The average Bonchev–Trinajstić information content (AvgIpc) is 2.61. The van der Waals surface area contributed by atoms with Gasteiger partial charge >= 0.3 is 11.2 Å². The van der Waals surface area contributed by atoms with Gasteiger partial charge in [-0.3, -0.25) is 10.1 Å². The van der Waals surface area contributed by atoms with Crippen molar-refractivity contribution >= 4 is 23.3 Å². The molecule has 0 aliphatic rings. The number of thioether (sulfide) groups is 1. The van der Waals surface area contributed by atoms with Crippen LogP contribution in [-0.4, -0.2) is 32.5 Å². The fraction of sp³-hybridized carbons (Fsp3) is 0.700. The number of nitrogens with zero attached hydrogens (tertiary/aromatic N) is 3. The Balaban J connectivity index is 2.82. The predicted molar refractivity (Wildman–Crippen MR) is 71.0 cm³/mol. The van der Waals surface area contributed by atoms with Crippen LogP contribution < -0.4 is 5.32 Å². The van der Waals surface area contributed by atoms with Gasteiger partial charge in [0.15, 0.2) is 0 Å². The maximum absolute atomic E-state index is 12.0. The molecule has 0 amide bonds. The molecular weight excluding hydrogens is 297 g/mol. The first-order valence-electron chi connectivity index (χ1n) is 5.79. The fourth-order valence-corrected chi connectivity index (χ4v) is 2.07. The van der Waals surface area contributed by atoms with Crippen LogP contribution in [0.5, 0.6) is 0 Å². The van der Waals surface area contributed by atoms with Gasteiger partial charge in [-0.15, -0.1) is 0 Å². The van der Waals surface area contributed by atoms with Gasteiger partial charge in [-0.05, 0) is 11.8 Å². The summed E-state index contributed by atoms with van der Waals surface area (Å²) in [5.74, 6) is -0.258. The van der Waals surface area contributed by atoms with E-state index in [1.165, 1.54) is 11.7 Å². The molecule has 0 saturated heterocycles. The van der Waals surface area contributed by atoms with E-state index in [9.17, 15) is 23.3 Å². The standard InChI is InChI=1S/C10H15F3N4O2S/c1-6(2)7-8(17(18)19)9(16(3)15-7)14-4-5-20-10(11,12)13/h6,14H,4-5H2,1-3H3. The third-order valence-corrected chi connectivity index (χ3v) is 3.17. The van der Waals surface area contributed by atoms with Gasteiger partial charge in [0.05, 0.1) is 4.92 Å². The van der Waals surface area contributed by atoms with Crippen LogP contribution in [0.15, 0.2) is 0 Å². The summed E-state index contributed by atoms with van der Waals surface area (Å²) in [4.78, 5) is 10.5. The zero-order chi connectivity index (χ0) is 15.5. The summed E-state index contributed by atoms with van der Waals surface area (Å²) in [6.45, 7) is 3.49. The Morgan fingerprint density at radius 2 is 2.10 bits per heavy atom. The lowest BCUT2D eigenvalue weighted by molar-refractivity contribution is -0.384. The van der Waals surface area contributed by atoms with Gasteiger partial charge in [0.1, 0.15) is 5.69 Å². The first kappa shape index (κ1) is 16.6. The second kappa shape index (κ2) is 6.33. The van der Waals surface area contributed by atoms with Gasteiger partial charge in [0.2, 0.25) is 5.82 Å². The smallest absolute Gasteiger partial charge is 0.364 e. The van der Waals surface area contributed by atoms with E-state index in [4.69, 9.17) is 0 Å². The zero-order valence-electron chi connectivity index (χ0n) is 11.2. The molecule has 0 radical (unpaired) electrons. The number of aromatic nitrogens is 2. The molecule has 1 heterocycles. The quantitative estimate of drug-likeness (QED) is 0.496. The third-order valence-electron chi connectivity index (χ3n) is 2.44. The second-order valence-corrected chi connectivity index (χ2v) is 5.50. The molecule has 0 saturated carbocycles. The van der Waals surface area contributed by atoms with E-state index in [1.807, 2.05) is 0 Å². The van der Waals surface area contributed by atoms with Crippen molar-refractivity contribution in [3.8, 4) is 0 Å². The molecule has 0 aromatic carbocycles. The molecule has 1 N–H and O–H groups in total. The SMILES string of the molecule is CC(C)c1nn(C)c(NCCSC(F)(F)F)c1[N+](=O)[O-]. The van der Waals surface area contributed by atoms with Crippen molar-refractivity contribution in [3.63, 3.8) is 0 Å². The second-order valence-electron chi connectivity index (χ2n) is 4.34.